The van der Waals surface area contributed by atoms with Crippen LogP contribution < -0.4 is 5.32 Å². The Morgan fingerprint density at radius 3 is 2.67 bits per heavy atom. The minimum Gasteiger partial charge on any atom is -0.383 e. The average Bonchev–Trinajstić information content (AvgIpc) is 2.95. The van der Waals surface area contributed by atoms with Crippen molar-refractivity contribution in [3.8, 4) is 0 Å². The lowest BCUT2D eigenvalue weighted by molar-refractivity contribution is -0.131. The van der Waals surface area contributed by atoms with Crippen LogP contribution >= 0.6 is 0 Å². The second-order valence-corrected chi connectivity index (χ2v) is 7.01. The first kappa shape index (κ1) is 15.3. The fraction of sp³-hybridized carbons (Fsp3) is 0.938. The molecule has 1 aliphatic heterocycles. The number of rotatable bonds is 7. The molecule has 1 amide bonds. The Morgan fingerprint density at radius 1 is 1.33 bits per heavy atom. The molecule has 2 aliphatic carbocycles. The maximum Gasteiger partial charge on any atom is 0.244 e. The third-order valence-electron chi connectivity index (χ3n) is 5.43. The van der Waals surface area contributed by atoms with Crippen molar-refractivity contribution in [1.82, 2.24) is 15.1 Å². The van der Waals surface area contributed by atoms with E-state index in [9.17, 15) is 4.79 Å². The van der Waals surface area contributed by atoms with Crippen LogP contribution in [0.25, 0.3) is 0 Å². The van der Waals surface area contributed by atoms with Gasteiger partial charge in [-0.25, -0.2) is 0 Å². The molecule has 3 fully saturated rings. The molecular formula is C16H29N3O2. The van der Waals surface area contributed by atoms with E-state index >= 15 is 0 Å². The number of ether oxygens (including phenoxy) is 1. The predicted octanol–water partition coefficient (Wildman–Crippen LogP) is 1.05. The average molecular weight is 295 g/mol. The highest BCUT2D eigenvalue weighted by atomic mass is 16.5. The molecule has 3 aliphatic rings. The summed E-state index contributed by atoms with van der Waals surface area (Å²) in [6.07, 6.45) is 7.56. The predicted molar refractivity (Wildman–Crippen MR) is 81.9 cm³/mol. The van der Waals surface area contributed by atoms with Crippen LogP contribution in [-0.4, -0.2) is 67.8 Å². The van der Waals surface area contributed by atoms with E-state index in [2.05, 4.69) is 22.2 Å². The van der Waals surface area contributed by atoms with Crippen molar-refractivity contribution >= 4 is 5.91 Å². The maximum atomic E-state index is 12.7. The van der Waals surface area contributed by atoms with Crippen LogP contribution in [0.2, 0.25) is 0 Å². The fourth-order valence-electron chi connectivity index (χ4n) is 3.83. The Hall–Kier alpha value is -0.650. The molecule has 0 radical (unpaired) electrons. The molecule has 1 unspecified atom stereocenters. The van der Waals surface area contributed by atoms with E-state index in [0.717, 1.165) is 39.1 Å². The third-order valence-corrected chi connectivity index (χ3v) is 5.43. The van der Waals surface area contributed by atoms with E-state index in [1.54, 1.807) is 7.11 Å². The minimum absolute atomic E-state index is 0.168. The number of nitrogens with zero attached hydrogens (tertiary/aromatic N) is 2. The van der Waals surface area contributed by atoms with Gasteiger partial charge in [0.2, 0.25) is 5.91 Å². The van der Waals surface area contributed by atoms with Crippen LogP contribution in [0.1, 0.15) is 38.5 Å². The summed E-state index contributed by atoms with van der Waals surface area (Å²) in [6, 6.07) is 0. The molecule has 0 aromatic heterocycles. The van der Waals surface area contributed by atoms with E-state index in [0.29, 0.717) is 18.0 Å². The zero-order valence-corrected chi connectivity index (χ0v) is 13.4. The molecule has 2 saturated carbocycles. The zero-order valence-electron chi connectivity index (χ0n) is 13.4. The second kappa shape index (κ2) is 6.23. The molecule has 1 heterocycles. The largest absolute Gasteiger partial charge is 0.383 e. The Labute approximate surface area is 128 Å². The topological polar surface area (TPSA) is 44.8 Å². The van der Waals surface area contributed by atoms with Crippen molar-refractivity contribution < 1.29 is 9.53 Å². The van der Waals surface area contributed by atoms with Gasteiger partial charge in [-0.15, -0.1) is 0 Å². The van der Waals surface area contributed by atoms with E-state index in [1.807, 2.05) is 0 Å². The molecule has 5 heteroatoms. The van der Waals surface area contributed by atoms with Crippen LogP contribution in [0.4, 0.5) is 0 Å². The Kier molecular flexibility index (Phi) is 4.52. The van der Waals surface area contributed by atoms with Crippen LogP contribution in [0, 0.1) is 5.92 Å². The van der Waals surface area contributed by atoms with Gasteiger partial charge in [-0.1, -0.05) is 12.8 Å². The van der Waals surface area contributed by atoms with E-state index in [4.69, 9.17) is 4.74 Å². The number of methoxy groups -OCH3 is 1. The Balaban J connectivity index is 1.58. The summed E-state index contributed by atoms with van der Waals surface area (Å²) in [5.41, 5.74) is -0.168. The summed E-state index contributed by atoms with van der Waals surface area (Å²) < 4.78 is 5.12. The van der Waals surface area contributed by atoms with Gasteiger partial charge in [0.1, 0.15) is 0 Å². The zero-order chi connectivity index (χ0) is 14.9. The standard InChI is InChI=1S/C16H29N3O2/c1-18(11-12-21-2)9-10-19-14(13-5-3-4-6-13)17-16(7-8-16)15(19)20/h13-14,17H,3-12H2,1-2H3. The van der Waals surface area contributed by atoms with Gasteiger partial charge in [-0.05, 0) is 38.6 Å². The first-order valence-corrected chi connectivity index (χ1v) is 8.42. The third kappa shape index (κ3) is 3.10. The molecule has 3 rings (SSSR count). The van der Waals surface area contributed by atoms with Crippen molar-refractivity contribution in [1.29, 1.82) is 0 Å². The molecule has 0 aromatic carbocycles. The fourth-order valence-corrected chi connectivity index (χ4v) is 3.83. The van der Waals surface area contributed by atoms with E-state index in [1.165, 1.54) is 25.7 Å². The summed E-state index contributed by atoms with van der Waals surface area (Å²) in [6.45, 7) is 3.44. The van der Waals surface area contributed by atoms with Crippen molar-refractivity contribution in [2.45, 2.75) is 50.2 Å². The van der Waals surface area contributed by atoms with Gasteiger partial charge in [0, 0.05) is 26.7 Å². The normalized spacial score (nSPS) is 28.2. The van der Waals surface area contributed by atoms with Crippen molar-refractivity contribution in [3.05, 3.63) is 0 Å². The number of likely N-dealkylation sites (N-methyl/N-ethyl adjacent to an activating group) is 1. The number of carbonyl (C=O) groups excluding carboxylic acids is 1. The highest BCUT2D eigenvalue weighted by Crippen LogP contribution is 2.45. The smallest absolute Gasteiger partial charge is 0.244 e. The van der Waals surface area contributed by atoms with Crippen LogP contribution in [0.3, 0.4) is 0 Å². The van der Waals surface area contributed by atoms with E-state index < -0.39 is 0 Å². The number of hydrogen-bond donors (Lipinski definition) is 1. The van der Waals surface area contributed by atoms with Crippen LogP contribution in [0.15, 0.2) is 0 Å². The highest BCUT2D eigenvalue weighted by Gasteiger charge is 2.60. The van der Waals surface area contributed by atoms with Crippen molar-refractivity contribution in [2.24, 2.45) is 5.92 Å². The first-order valence-electron chi connectivity index (χ1n) is 8.42. The monoisotopic (exact) mass is 295 g/mol. The van der Waals surface area contributed by atoms with Gasteiger partial charge < -0.3 is 14.5 Å². The van der Waals surface area contributed by atoms with Gasteiger partial charge in [-0.2, -0.15) is 0 Å². The molecule has 120 valence electrons. The molecule has 5 nitrogen and oxygen atoms in total. The molecule has 1 atom stereocenters. The van der Waals surface area contributed by atoms with Gasteiger partial charge in [0.25, 0.3) is 0 Å². The molecule has 1 spiro atoms. The number of carbonyl (C=O) groups is 1. The lowest BCUT2D eigenvalue weighted by Crippen LogP contribution is -2.45. The lowest BCUT2D eigenvalue weighted by Gasteiger charge is -2.30. The summed E-state index contributed by atoms with van der Waals surface area (Å²) in [4.78, 5) is 17.1. The summed E-state index contributed by atoms with van der Waals surface area (Å²) >= 11 is 0. The van der Waals surface area contributed by atoms with Crippen LogP contribution in [0.5, 0.6) is 0 Å². The number of nitrogens with one attached hydrogen (secondary N) is 1. The molecule has 0 aromatic rings. The maximum absolute atomic E-state index is 12.7. The van der Waals surface area contributed by atoms with Crippen LogP contribution in [-0.2, 0) is 9.53 Å². The van der Waals surface area contributed by atoms with Gasteiger partial charge in [0.05, 0.1) is 18.3 Å². The summed E-state index contributed by atoms with van der Waals surface area (Å²) in [7, 11) is 3.83. The highest BCUT2D eigenvalue weighted by molar-refractivity contribution is 5.91. The summed E-state index contributed by atoms with van der Waals surface area (Å²) in [5.74, 6) is 1.03. The van der Waals surface area contributed by atoms with Gasteiger partial charge >= 0.3 is 0 Å². The minimum atomic E-state index is -0.168. The van der Waals surface area contributed by atoms with Gasteiger partial charge in [0.15, 0.2) is 0 Å². The Morgan fingerprint density at radius 2 is 2.05 bits per heavy atom. The van der Waals surface area contributed by atoms with Gasteiger partial charge in [-0.3, -0.25) is 10.1 Å². The Bertz CT molecular complexity index is 378. The molecule has 21 heavy (non-hydrogen) atoms. The second-order valence-electron chi connectivity index (χ2n) is 7.01. The van der Waals surface area contributed by atoms with Crippen molar-refractivity contribution in [2.75, 3.05) is 40.4 Å². The molecule has 0 bridgehead atoms. The quantitative estimate of drug-likeness (QED) is 0.762. The van der Waals surface area contributed by atoms with Crippen molar-refractivity contribution in [3.63, 3.8) is 0 Å². The first-order chi connectivity index (χ1) is 10.2. The molecular weight excluding hydrogens is 266 g/mol. The number of amides is 1. The molecule has 1 saturated heterocycles. The summed E-state index contributed by atoms with van der Waals surface area (Å²) in [5, 5.41) is 3.68. The number of hydrogen-bond acceptors (Lipinski definition) is 4. The molecule has 1 N–H and O–H groups in total. The van der Waals surface area contributed by atoms with E-state index in [-0.39, 0.29) is 5.54 Å². The SMILES string of the molecule is COCCN(C)CCN1C(=O)C2(CC2)NC1C1CCCC1. The lowest BCUT2D eigenvalue weighted by atomic mass is 10.0.